The van der Waals surface area contributed by atoms with E-state index in [9.17, 15) is 4.79 Å². The predicted octanol–water partition coefficient (Wildman–Crippen LogP) is 3.33. The van der Waals surface area contributed by atoms with Gasteiger partial charge in [-0.3, -0.25) is 9.78 Å². The van der Waals surface area contributed by atoms with Crippen LogP contribution in [0.3, 0.4) is 0 Å². The summed E-state index contributed by atoms with van der Waals surface area (Å²) in [5, 5.41) is 9.55. The highest BCUT2D eigenvalue weighted by molar-refractivity contribution is 7.13. The molecule has 1 saturated heterocycles. The molecule has 0 atom stereocenters. The van der Waals surface area contributed by atoms with E-state index in [4.69, 9.17) is 0 Å². The van der Waals surface area contributed by atoms with Gasteiger partial charge in [0.25, 0.3) is 0 Å². The Bertz CT molecular complexity index is 1220. The topological polar surface area (TPSA) is 75.1 Å². The molecule has 0 N–H and O–H groups in total. The molecule has 0 radical (unpaired) electrons. The van der Waals surface area contributed by atoms with Crippen LogP contribution in [0.1, 0.15) is 16.1 Å². The van der Waals surface area contributed by atoms with Crippen molar-refractivity contribution >= 4 is 33.8 Å². The normalized spacial score (nSPS) is 14.8. The molecule has 8 heteroatoms. The molecular formula is C23H22N6OS. The molecule has 0 unspecified atom stereocenters. The Kier molecular flexibility index (Phi) is 5.40. The third kappa shape index (κ3) is 4.30. The number of rotatable bonds is 5. The largest absolute Gasteiger partial charge is 0.354 e. The first-order valence-electron chi connectivity index (χ1n) is 10.2. The van der Waals surface area contributed by atoms with Gasteiger partial charge < -0.3 is 9.80 Å². The molecule has 4 heterocycles. The summed E-state index contributed by atoms with van der Waals surface area (Å²) in [5.74, 6) is 0.878. The third-order valence-corrected chi connectivity index (χ3v) is 6.41. The quantitative estimate of drug-likeness (QED) is 0.450. The molecular weight excluding hydrogens is 408 g/mol. The number of benzene rings is 1. The van der Waals surface area contributed by atoms with Gasteiger partial charge in [-0.05, 0) is 42.9 Å². The molecule has 1 fully saturated rings. The van der Waals surface area contributed by atoms with Gasteiger partial charge in [-0.2, -0.15) is 10.2 Å². The van der Waals surface area contributed by atoms with Gasteiger partial charge in [0.1, 0.15) is 5.82 Å². The van der Waals surface area contributed by atoms with Crippen LogP contribution >= 0.6 is 11.3 Å². The molecule has 4 aromatic rings. The Labute approximate surface area is 184 Å². The van der Waals surface area contributed by atoms with Crippen molar-refractivity contribution in [1.82, 2.24) is 25.1 Å². The fourth-order valence-electron chi connectivity index (χ4n) is 3.75. The van der Waals surface area contributed by atoms with E-state index in [-0.39, 0.29) is 12.2 Å². The van der Waals surface area contributed by atoms with Gasteiger partial charge in [0.2, 0.25) is 0 Å². The number of ketones is 1. The Morgan fingerprint density at radius 2 is 1.94 bits per heavy atom. The van der Waals surface area contributed by atoms with Gasteiger partial charge in [0, 0.05) is 49.5 Å². The molecule has 1 aromatic carbocycles. The minimum absolute atomic E-state index is 0.0186. The fourth-order valence-corrected chi connectivity index (χ4v) is 4.37. The first-order valence-corrected chi connectivity index (χ1v) is 11.1. The van der Waals surface area contributed by atoms with Crippen LogP contribution in [0.2, 0.25) is 0 Å². The SMILES string of the molecule is CN1CCN(c2cc(C(=O)Cc3cc4cc(-c5cncs5)ccc4nn3)ccn2)CC1. The monoisotopic (exact) mass is 430 g/mol. The Morgan fingerprint density at radius 3 is 2.74 bits per heavy atom. The summed E-state index contributed by atoms with van der Waals surface area (Å²) >= 11 is 1.60. The maximum Gasteiger partial charge on any atom is 0.169 e. The maximum absolute atomic E-state index is 13.0. The van der Waals surface area contributed by atoms with Crippen molar-refractivity contribution in [2.24, 2.45) is 0 Å². The Hall–Kier alpha value is -3.23. The van der Waals surface area contributed by atoms with Crippen LogP contribution in [-0.4, -0.2) is 64.1 Å². The van der Waals surface area contributed by atoms with E-state index >= 15 is 0 Å². The molecule has 7 nitrogen and oxygen atoms in total. The first-order chi connectivity index (χ1) is 15.2. The summed E-state index contributed by atoms with van der Waals surface area (Å²) in [7, 11) is 2.12. The van der Waals surface area contributed by atoms with Crippen LogP contribution in [0.5, 0.6) is 0 Å². The van der Waals surface area contributed by atoms with Crippen molar-refractivity contribution in [3.8, 4) is 10.4 Å². The number of carbonyl (C=O) groups excluding carboxylic acids is 1. The number of piperazine rings is 1. The summed E-state index contributed by atoms with van der Waals surface area (Å²) in [6.45, 7) is 3.82. The molecule has 3 aromatic heterocycles. The lowest BCUT2D eigenvalue weighted by atomic mass is 10.1. The molecule has 5 rings (SSSR count). The van der Waals surface area contributed by atoms with E-state index < -0.39 is 0 Å². The standard InChI is InChI=1S/C23H22N6OS/c1-28-6-8-29(9-7-28)23-12-16(4-5-25-23)21(30)13-19-11-18-10-17(22-14-24-15-31-22)2-3-20(18)27-26-19/h2-5,10-12,14-15H,6-9,13H2,1H3. The van der Waals surface area contributed by atoms with Crippen molar-refractivity contribution in [2.75, 3.05) is 38.1 Å². The van der Waals surface area contributed by atoms with E-state index in [0.29, 0.717) is 11.3 Å². The molecule has 156 valence electrons. The van der Waals surface area contributed by atoms with Gasteiger partial charge in [-0.15, -0.1) is 11.3 Å². The zero-order valence-corrected chi connectivity index (χ0v) is 18.0. The number of thiazole rings is 1. The molecule has 1 aliphatic heterocycles. The molecule has 1 aliphatic rings. The minimum Gasteiger partial charge on any atom is -0.354 e. The number of nitrogens with zero attached hydrogens (tertiary/aromatic N) is 6. The molecule has 0 saturated carbocycles. The van der Waals surface area contributed by atoms with E-state index in [1.165, 1.54) is 0 Å². The van der Waals surface area contributed by atoms with E-state index in [0.717, 1.165) is 53.3 Å². The van der Waals surface area contributed by atoms with Crippen LogP contribution in [0.15, 0.2) is 54.3 Å². The van der Waals surface area contributed by atoms with Gasteiger partial charge in [-0.1, -0.05) is 6.07 Å². The van der Waals surface area contributed by atoms with E-state index in [2.05, 4.69) is 43.1 Å². The highest BCUT2D eigenvalue weighted by Gasteiger charge is 2.17. The van der Waals surface area contributed by atoms with Crippen molar-refractivity contribution in [3.63, 3.8) is 0 Å². The fraction of sp³-hybridized carbons (Fsp3) is 0.261. The summed E-state index contributed by atoms with van der Waals surface area (Å²) in [5.41, 5.74) is 5.04. The Balaban J connectivity index is 1.35. The lowest BCUT2D eigenvalue weighted by Gasteiger charge is -2.33. The van der Waals surface area contributed by atoms with Crippen LogP contribution in [0, 0.1) is 0 Å². The van der Waals surface area contributed by atoms with Crippen molar-refractivity contribution in [2.45, 2.75) is 6.42 Å². The van der Waals surface area contributed by atoms with Crippen LogP contribution < -0.4 is 4.90 Å². The summed E-state index contributed by atoms with van der Waals surface area (Å²) in [4.78, 5) is 27.2. The number of carbonyl (C=O) groups is 1. The molecule has 0 spiro atoms. The summed E-state index contributed by atoms with van der Waals surface area (Å²) in [6, 6.07) is 11.7. The Morgan fingerprint density at radius 1 is 1.06 bits per heavy atom. The number of hydrogen-bond acceptors (Lipinski definition) is 8. The number of Topliss-reactive ketones (excluding diaryl/α,β-unsaturated/α-hetero) is 1. The van der Waals surface area contributed by atoms with Crippen LogP contribution in [0.4, 0.5) is 5.82 Å². The van der Waals surface area contributed by atoms with Gasteiger partial charge in [-0.25, -0.2) is 4.98 Å². The third-order valence-electron chi connectivity index (χ3n) is 5.59. The molecule has 31 heavy (non-hydrogen) atoms. The second-order valence-corrected chi connectivity index (χ2v) is 8.65. The average Bonchev–Trinajstić information content (AvgIpc) is 3.34. The molecule has 0 bridgehead atoms. The van der Waals surface area contributed by atoms with Gasteiger partial charge in [0.05, 0.1) is 28.0 Å². The minimum atomic E-state index is 0.0186. The van der Waals surface area contributed by atoms with E-state index in [1.54, 1.807) is 23.6 Å². The number of likely N-dealkylation sites (N-methyl/N-ethyl adjacent to an activating group) is 1. The predicted molar refractivity (Wildman–Crippen MR) is 123 cm³/mol. The van der Waals surface area contributed by atoms with Crippen LogP contribution in [-0.2, 0) is 6.42 Å². The van der Waals surface area contributed by atoms with Gasteiger partial charge >= 0.3 is 0 Å². The second kappa shape index (κ2) is 8.49. The lowest BCUT2D eigenvalue weighted by Crippen LogP contribution is -2.44. The number of aromatic nitrogens is 4. The van der Waals surface area contributed by atoms with Crippen molar-refractivity contribution in [1.29, 1.82) is 0 Å². The van der Waals surface area contributed by atoms with Crippen molar-refractivity contribution in [3.05, 3.63) is 65.6 Å². The van der Waals surface area contributed by atoms with Crippen LogP contribution in [0.25, 0.3) is 21.3 Å². The zero-order valence-electron chi connectivity index (χ0n) is 17.2. The number of anilines is 1. The highest BCUT2D eigenvalue weighted by Crippen LogP contribution is 2.26. The first kappa shape index (κ1) is 19.7. The van der Waals surface area contributed by atoms with Gasteiger partial charge in [0.15, 0.2) is 5.78 Å². The number of fused-ring (bicyclic) bond motifs is 1. The number of pyridine rings is 1. The maximum atomic E-state index is 13.0. The zero-order chi connectivity index (χ0) is 21.2. The number of hydrogen-bond donors (Lipinski definition) is 0. The van der Waals surface area contributed by atoms with E-state index in [1.807, 2.05) is 36.0 Å². The second-order valence-electron chi connectivity index (χ2n) is 7.77. The molecule has 0 amide bonds. The summed E-state index contributed by atoms with van der Waals surface area (Å²) in [6.07, 6.45) is 3.78. The summed E-state index contributed by atoms with van der Waals surface area (Å²) < 4.78 is 0. The molecule has 0 aliphatic carbocycles. The lowest BCUT2D eigenvalue weighted by molar-refractivity contribution is 0.0991. The van der Waals surface area contributed by atoms with Crippen molar-refractivity contribution < 1.29 is 4.79 Å². The highest BCUT2D eigenvalue weighted by atomic mass is 32.1. The smallest absolute Gasteiger partial charge is 0.169 e. The average molecular weight is 431 g/mol.